The second-order valence-corrected chi connectivity index (χ2v) is 17.9. The minimum Gasteiger partial charge on any atom is -0.332 e. The van der Waals surface area contributed by atoms with E-state index in [0.29, 0.717) is 17.8 Å². The first-order valence-corrected chi connectivity index (χ1v) is 13.4. The third-order valence-electron chi connectivity index (χ3n) is 1.49. The Labute approximate surface area is 52.2 Å². The molecule has 1 nitrogen and oxygen atoms in total. The molecule has 0 saturated carbocycles. The third-order valence-corrected chi connectivity index (χ3v) is 10.5. The van der Waals surface area contributed by atoms with Crippen LogP contribution in [0.1, 0.15) is 6.42 Å². The van der Waals surface area contributed by atoms with Gasteiger partial charge in [0.2, 0.25) is 0 Å². The molecule has 1 fully saturated rings. The van der Waals surface area contributed by atoms with Gasteiger partial charge in [0.05, 0.1) is 9.20 Å². The molecule has 0 atom stereocenters. The fourth-order valence-electron chi connectivity index (χ4n) is 0.922. The van der Waals surface area contributed by atoms with Crippen molar-refractivity contribution >= 4 is 27.5 Å². The summed E-state index contributed by atoms with van der Waals surface area (Å²) < 4.78 is 2.72. The molecule has 0 aromatic heterocycles. The fourth-order valence-corrected chi connectivity index (χ4v) is 11.4. The van der Waals surface area contributed by atoms with Gasteiger partial charge in [0, 0.05) is 8.55 Å². The van der Waals surface area contributed by atoms with E-state index in [-0.39, 0.29) is 0 Å². The van der Waals surface area contributed by atoms with Gasteiger partial charge >= 0.3 is 0 Å². The molecule has 0 unspecified atom stereocenters. The normalized spacial score (nSPS) is 25.7. The molecule has 1 saturated heterocycles. The SMILES string of the molecule is [SiH3][SiH2][SiH2]N1CCC1. The highest BCUT2D eigenvalue weighted by Gasteiger charge is 2.10. The first-order chi connectivity index (χ1) is 3.43. The van der Waals surface area contributed by atoms with Crippen molar-refractivity contribution in [1.82, 2.24) is 4.57 Å². The fraction of sp³-hybridized carbons (Fsp3) is 1.00. The van der Waals surface area contributed by atoms with Crippen molar-refractivity contribution in [1.29, 1.82) is 0 Å². The zero-order valence-corrected chi connectivity index (χ0v) is 9.81. The minimum atomic E-state index is 0.467. The van der Waals surface area contributed by atoms with Crippen LogP contribution in [-0.4, -0.2) is 45.2 Å². The second-order valence-electron chi connectivity index (χ2n) is 2.20. The Kier molecular flexibility index (Phi) is 2.30. The molecular weight excluding hydrogens is 134 g/mol. The van der Waals surface area contributed by atoms with Crippen LogP contribution in [0.4, 0.5) is 0 Å². The summed E-state index contributed by atoms with van der Waals surface area (Å²) in [5.41, 5.74) is 0. The van der Waals surface area contributed by atoms with Gasteiger partial charge in [0.25, 0.3) is 0 Å². The molecule has 0 aromatic carbocycles. The number of hydrogen-bond donors (Lipinski definition) is 0. The summed E-state index contributed by atoms with van der Waals surface area (Å²) >= 11 is 0. The van der Waals surface area contributed by atoms with Gasteiger partial charge in [-0.3, -0.25) is 0 Å². The lowest BCUT2D eigenvalue weighted by atomic mass is 10.3. The number of rotatable bonds is 2. The lowest BCUT2D eigenvalue weighted by molar-refractivity contribution is 0.325. The largest absolute Gasteiger partial charge is 0.332 e. The van der Waals surface area contributed by atoms with Crippen LogP contribution in [0.25, 0.3) is 0 Å². The molecule has 4 heteroatoms. The van der Waals surface area contributed by atoms with E-state index in [2.05, 4.69) is 4.57 Å². The van der Waals surface area contributed by atoms with Gasteiger partial charge in [0.1, 0.15) is 0 Å². The van der Waals surface area contributed by atoms with Crippen molar-refractivity contribution in [3.8, 4) is 0 Å². The topological polar surface area (TPSA) is 3.24 Å². The third kappa shape index (κ3) is 1.52. The van der Waals surface area contributed by atoms with Gasteiger partial charge in [-0.25, -0.2) is 0 Å². The van der Waals surface area contributed by atoms with E-state index < -0.39 is 0 Å². The Morgan fingerprint density at radius 1 is 1.43 bits per heavy atom. The Balaban J connectivity index is 1.93. The van der Waals surface area contributed by atoms with Gasteiger partial charge < -0.3 is 4.57 Å². The Bertz CT molecular complexity index is 54.1. The summed E-state index contributed by atoms with van der Waals surface area (Å²) in [6.07, 6.45) is 1.50. The van der Waals surface area contributed by atoms with E-state index in [0.717, 1.165) is 0 Å². The molecule has 0 aliphatic carbocycles. The lowest BCUT2D eigenvalue weighted by Crippen LogP contribution is -2.42. The lowest BCUT2D eigenvalue weighted by Gasteiger charge is -2.30. The molecule has 0 N–H and O–H groups in total. The first kappa shape index (κ1) is 5.74. The van der Waals surface area contributed by atoms with Crippen LogP contribution < -0.4 is 0 Å². The van der Waals surface area contributed by atoms with Gasteiger partial charge in [-0.2, -0.15) is 0 Å². The highest BCUT2D eigenvalue weighted by Crippen LogP contribution is 2.00. The van der Waals surface area contributed by atoms with Crippen LogP contribution in [0.3, 0.4) is 0 Å². The molecule has 1 rings (SSSR count). The van der Waals surface area contributed by atoms with Crippen LogP contribution in [0.2, 0.25) is 0 Å². The van der Waals surface area contributed by atoms with Gasteiger partial charge in [-0.1, -0.05) is 0 Å². The van der Waals surface area contributed by atoms with Gasteiger partial charge in [0.15, 0.2) is 0 Å². The van der Waals surface area contributed by atoms with E-state index >= 15 is 0 Å². The van der Waals surface area contributed by atoms with Crippen LogP contribution in [0.5, 0.6) is 0 Å². The molecule has 7 heavy (non-hydrogen) atoms. The zero-order valence-electron chi connectivity index (χ0n) is 4.98. The maximum atomic E-state index is 2.72. The standard InChI is InChI=1S/C3H13NSi3/c5-7-6-4-2-1-3-4/h1-3,6-7H2,5H3. The van der Waals surface area contributed by atoms with Crippen LogP contribution in [-0.2, 0) is 0 Å². The predicted octanol–water partition coefficient (Wildman–Crippen LogP) is -2.86. The molecule has 0 aromatic rings. The Hall–Kier alpha value is 0.611. The number of hydrogen-bond acceptors (Lipinski definition) is 1. The molecule has 0 spiro atoms. The molecule has 0 radical (unpaired) electrons. The smallest absolute Gasteiger partial charge is 0.0760 e. The maximum absolute atomic E-state index is 2.72. The second kappa shape index (κ2) is 2.81. The molecule has 0 amide bonds. The van der Waals surface area contributed by atoms with E-state index in [4.69, 9.17) is 0 Å². The Morgan fingerprint density at radius 2 is 2.14 bits per heavy atom. The average Bonchev–Trinajstić information content (AvgIpc) is 1.55. The predicted molar refractivity (Wildman–Crippen MR) is 43.2 cm³/mol. The van der Waals surface area contributed by atoms with Gasteiger partial charge in [-0.05, 0) is 29.3 Å². The molecule has 1 aliphatic heterocycles. The molecule has 1 aliphatic rings. The van der Waals surface area contributed by atoms with Crippen LogP contribution in [0.15, 0.2) is 0 Å². The summed E-state index contributed by atoms with van der Waals surface area (Å²) in [6.45, 7) is 2.95. The minimum absolute atomic E-state index is 0.467. The molecule has 42 valence electrons. The summed E-state index contributed by atoms with van der Waals surface area (Å²) in [5.74, 6) is 0. The highest BCUT2D eigenvalue weighted by atomic mass is 29.5. The van der Waals surface area contributed by atoms with E-state index in [1.807, 2.05) is 0 Å². The Morgan fingerprint density at radius 3 is 2.29 bits per heavy atom. The van der Waals surface area contributed by atoms with Crippen molar-refractivity contribution in [3.63, 3.8) is 0 Å². The average molecular weight is 147 g/mol. The van der Waals surface area contributed by atoms with Crippen LogP contribution >= 0.6 is 0 Å². The summed E-state index contributed by atoms with van der Waals surface area (Å²) in [6, 6.07) is 0. The molecule has 1 heterocycles. The highest BCUT2D eigenvalue weighted by molar-refractivity contribution is 7.23. The summed E-state index contributed by atoms with van der Waals surface area (Å²) in [4.78, 5) is 0. The summed E-state index contributed by atoms with van der Waals surface area (Å²) in [7, 11) is 2.66. The zero-order chi connectivity index (χ0) is 5.11. The van der Waals surface area contributed by atoms with Crippen molar-refractivity contribution in [3.05, 3.63) is 0 Å². The van der Waals surface area contributed by atoms with Crippen LogP contribution in [0, 0.1) is 0 Å². The van der Waals surface area contributed by atoms with E-state index in [1.54, 1.807) is 9.76 Å². The quantitative estimate of drug-likeness (QED) is 0.380. The van der Waals surface area contributed by atoms with E-state index in [9.17, 15) is 0 Å². The molecule has 0 bridgehead atoms. The monoisotopic (exact) mass is 147 g/mol. The van der Waals surface area contributed by atoms with Gasteiger partial charge in [-0.15, -0.1) is 0 Å². The van der Waals surface area contributed by atoms with Crippen molar-refractivity contribution in [2.45, 2.75) is 6.42 Å². The molecular formula is C3H13NSi3. The van der Waals surface area contributed by atoms with Crippen molar-refractivity contribution in [2.24, 2.45) is 0 Å². The van der Waals surface area contributed by atoms with Crippen molar-refractivity contribution < 1.29 is 0 Å². The summed E-state index contributed by atoms with van der Waals surface area (Å²) in [5, 5.41) is 0. The van der Waals surface area contributed by atoms with E-state index in [1.165, 1.54) is 19.5 Å². The number of nitrogens with zero attached hydrogens (tertiary/aromatic N) is 1. The van der Waals surface area contributed by atoms with Crippen molar-refractivity contribution in [2.75, 3.05) is 13.1 Å². The maximum Gasteiger partial charge on any atom is 0.0760 e. The first-order valence-electron chi connectivity index (χ1n) is 3.16.